The maximum absolute atomic E-state index is 4.35. The molecular formula is C25H30BNS. The predicted molar refractivity (Wildman–Crippen MR) is 130 cm³/mol. The van der Waals surface area contributed by atoms with Crippen molar-refractivity contribution in [3.05, 3.63) is 82.5 Å². The number of nitrogens with one attached hydrogen (secondary N) is 1. The minimum atomic E-state index is 0.0824. The molecule has 0 bridgehead atoms. The summed E-state index contributed by atoms with van der Waals surface area (Å²) in [4.78, 5) is 0. The van der Waals surface area contributed by atoms with Gasteiger partial charge in [-0.15, -0.1) is 0 Å². The van der Waals surface area contributed by atoms with Crippen molar-refractivity contribution in [1.29, 1.82) is 0 Å². The third-order valence-corrected chi connectivity index (χ3v) is 4.38. The molecule has 3 heteroatoms. The molecule has 144 valence electrons. The molecule has 1 rings (SSSR count). The van der Waals surface area contributed by atoms with Crippen molar-refractivity contribution < 1.29 is 0 Å². The summed E-state index contributed by atoms with van der Waals surface area (Å²) in [6.07, 6.45) is 10.2. The highest BCUT2D eigenvalue weighted by atomic mass is 32.1. The van der Waals surface area contributed by atoms with Crippen LogP contribution in [-0.2, 0) is 0 Å². The third-order valence-electron chi connectivity index (χ3n) is 4.15. The Bertz CT molecular complexity index is 868. The summed E-state index contributed by atoms with van der Waals surface area (Å²) < 4.78 is 3.05. The molecule has 0 aliphatic carbocycles. The highest BCUT2D eigenvalue weighted by Gasteiger charge is 2.10. The summed E-state index contributed by atoms with van der Waals surface area (Å²) in [5, 5.41) is 0. The highest BCUT2D eigenvalue weighted by molar-refractivity contribution is 7.78. The highest BCUT2D eigenvalue weighted by Crippen LogP contribution is 2.18. The molecule has 0 saturated carbocycles. The zero-order valence-electron chi connectivity index (χ0n) is 17.6. The maximum atomic E-state index is 4.35. The van der Waals surface area contributed by atoms with Crippen molar-refractivity contribution in [2.75, 3.05) is 0 Å². The minimum absolute atomic E-state index is 0.0824. The van der Waals surface area contributed by atoms with Crippen LogP contribution >= 0.6 is 12.8 Å². The summed E-state index contributed by atoms with van der Waals surface area (Å²) >= 11 is 4.35. The fourth-order valence-electron chi connectivity index (χ4n) is 2.52. The molecule has 0 saturated heterocycles. The van der Waals surface area contributed by atoms with E-state index in [1.807, 2.05) is 49.4 Å². The van der Waals surface area contributed by atoms with Crippen molar-refractivity contribution in [2.24, 2.45) is 5.92 Å². The quantitative estimate of drug-likeness (QED) is 0.296. The minimum Gasteiger partial charge on any atom is -0.332 e. The standard InChI is InChI=1S/C25H30BNS/c1-5-11-21(12-6-2)17-16-20(4)24(26)25(27-28)23(13-7-3)19-18-22-14-9-8-10-15-22/h5,8-15,20,27-28H,6-7,26H2,1-4H3/b11-5-,21-12+,23-13-,25-24-. The lowest BCUT2D eigenvalue weighted by Crippen LogP contribution is -2.11. The fourth-order valence-corrected chi connectivity index (χ4v) is 2.81. The topological polar surface area (TPSA) is 12.0 Å². The van der Waals surface area contributed by atoms with Gasteiger partial charge in [0.1, 0.15) is 7.85 Å². The molecule has 0 radical (unpaired) electrons. The molecule has 0 spiro atoms. The summed E-state index contributed by atoms with van der Waals surface area (Å²) in [6.45, 7) is 8.35. The molecule has 1 aromatic rings. The number of hydrogen-bond acceptors (Lipinski definition) is 2. The number of allylic oxidation sites excluding steroid dienone is 7. The average Bonchev–Trinajstić information content (AvgIpc) is 2.71. The lowest BCUT2D eigenvalue weighted by molar-refractivity contribution is 0.929. The Hall–Kier alpha value is -2.49. The van der Waals surface area contributed by atoms with E-state index in [9.17, 15) is 0 Å². The van der Waals surface area contributed by atoms with E-state index >= 15 is 0 Å². The van der Waals surface area contributed by atoms with Gasteiger partial charge in [0, 0.05) is 22.6 Å². The van der Waals surface area contributed by atoms with Gasteiger partial charge in [-0.1, -0.05) is 98.3 Å². The largest absolute Gasteiger partial charge is 0.332 e. The van der Waals surface area contributed by atoms with Crippen LogP contribution in [-0.4, -0.2) is 7.85 Å². The first-order valence-electron chi connectivity index (χ1n) is 9.80. The van der Waals surface area contributed by atoms with Crippen molar-refractivity contribution in [2.45, 2.75) is 40.5 Å². The molecule has 0 aliphatic rings. The van der Waals surface area contributed by atoms with E-state index in [0.29, 0.717) is 0 Å². The Morgan fingerprint density at radius 3 is 2.39 bits per heavy atom. The molecule has 1 aromatic carbocycles. The van der Waals surface area contributed by atoms with Crippen LogP contribution in [0.3, 0.4) is 0 Å². The number of benzene rings is 1. The lowest BCUT2D eigenvalue weighted by atomic mass is 9.81. The smallest absolute Gasteiger partial charge is 0.138 e. The van der Waals surface area contributed by atoms with Gasteiger partial charge in [-0.3, -0.25) is 0 Å². The van der Waals surface area contributed by atoms with Gasteiger partial charge >= 0.3 is 0 Å². The molecule has 0 heterocycles. The van der Waals surface area contributed by atoms with Crippen LogP contribution in [0, 0.1) is 29.6 Å². The summed E-state index contributed by atoms with van der Waals surface area (Å²) in [7, 11) is 2.09. The monoisotopic (exact) mass is 387 g/mol. The van der Waals surface area contributed by atoms with E-state index in [4.69, 9.17) is 0 Å². The third kappa shape index (κ3) is 8.04. The second kappa shape index (κ2) is 13.6. The molecule has 1 N–H and O–H groups in total. The Balaban J connectivity index is 3.24. The van der Waals surface area contributed by atoms with E-state index < -0.39 is 0 Å². The summed E-state index contributed by atoms with van der Waals surface area (Å²) in [6, 6.07) is 10.0. The van der Waals surface area contributed by atoms with Gasteiger partial charge < -0.3 is 4.72 Å². The summed E-state index contributed by atoms with van der Waals surface area (Å²) in [5.41, 5.74) is 5.06. The second-order valence-electron chi connectivity index (χ2n) is 6.37. The first-order valence-corrected chi connectivity index (χ1v) is 10.2. The first-order chi connectivity index (χ1) is 13.6. The van der Waals surface area contributed by atoms with Crippen molar-refractivity contribution in [3.63, 3.8) is 0 Å². The van der Waals surface area contributed by atoms with E-state index in [2.05, 4.69) is 82.0 Å². The maximum Gasteiger partial charge on any atom is 0.138 e. The van der Waals surface area contributed by atoms with Gasteiger partial charge in [-0.25, -0.2) is 0 Å². The van der Waals surface area contributed by atoms with Crippen LogP contribution < -0.4 is 4.72 Å². The number of hydrogen-bond donors (Lipinski definition) is 2. The molecule has 28 heavy (non-hydrogen) atoms. The van der Waals surface area contributed by atoms with E-state index in [1.165, 1.54) is 0 Å². The zero-order valence-corrected chi connectivity index (χ0v) is 18.5. The SMILES string of the molecule is B/C(=C(NS)/C(C#Cc1ccccc1)=C\CC)C(C)C#CC(/C=C\C)=C/CC. The second-order valence-corrected chi connectivity index (χ2v) is 6.59. The van der Waals surface area contributed by atoms with Crippen LogP contribution in [0.1, 0.15) is 46.1 Å². The number of rotatable bonds is 6. The van der Waals surface area contributed by atoms with E-state index in [0.717, 1.165) is 40.7 Å². The predicted octanol–water partition coefficient (Wildman–Crippen LogP) is 5.21. The van der Waals surface area contributed by atoms with Crippen LogP contribution in [0.4, 0.5) is 0 Å². The average molecular weight is 387 g/mol. The van der Waals surface area contributed by atoms with E-state index in [-0.39, 0.29) is 5.92 Å². The van der Waals surface area contributed by atoms with Crippen LogP contribution in [0.25, 0.3) is 0 Å². The van der Waals surface area contributed by atoms with Gasteiger partial charge in [0.15, 0.2) is 0 Å². The first kappa shape index (κ1) is 23.6. The molecule has 0 amide bonds. The molecular weight excluding hydrogens is 357 g/mol. The molecule has 0 aliphatic heterocycles. The molecule has 1 unspecified atom stereocenters. The Labute approximate surface area is 178 Å². The van der Waals surface area contributed by atoms with Crippen molar-refractivity contribution in [3.8, 4) is 23.7 Å². The van der Waals surface area contributed by atoms with Crippen LogP contribution in [0.15, 0.2) is 77.0 Å². The Kier molecular flexibility index (Phi) is 11.5. The lowest BCUT2D eigenvalue weighted by Gasteiger charge is -2.14. The van der Waals surface area contributed by atoms with Crippen molar-refractivity contribution >= 4 is 20.7 Å². The van der Waals surface area contributed by atoms with Crippen molar-refractivity contribution in [1.82, 2.24) is 4.72 Å². The Morgan fingerprint density at radius 2 is 1.82 bits per heavy atom. The normalized spacial score (nSPS) is 13.8. The van der Waals surface area contributed by atoms with Gasteiger partial charge in [0.2, 0.25) is 0 Å². The fraction of sp³-hybridized carbons (Fsp3) is 0.280. The van der Waals surface area contributed by atoms with Gasteiger partial charge in [0.05, 0.1) is 5.70 Å². The molecule has 0 fully saturated rings. The molecule has 1 atom stereocenters. The van der Waals surface area contributed by atoms with E-state index in [1.54, 1.807) is 0 Å². The van der Waals surface area contributed by atoms with Gasteiger partial charge in [0.25, 0.3) is 0 Å². The number of thiol groups is 1. The molecule has 0 aromatic heterocycles. The van der Waals surface area contributed by atoms with Gasteiger partial charge in [-0.05, 0) is 38.8 Å². The van der Waals surface area contributed by atoms with Crippen LogP contribution in [0.5, 0.6) is 0 Å². The van der Waals surface area contributed by atoms with Gasteiger partial charge in [-0.2, -0.15) is 0 Å². The summed E-state index contributed by atoms with van der Waals surface area (Å²) in [5.74, 6) is 13.3. The molecule has 1 nitrogen and oxygen atoms in total. The zero-order chi connectivity index (χ0) is 20.8. The Morgan fingerprint density at radius 1 is 1.14 bits per heavy atom. The van der Waals surface area contributed by atoms with Crippen LogP contribution in [0.2, 0.25) is 0 Å².